The number of hydrogen-bond donors (Lipinski definition) is 0. The van der Waals surface area contributed by atoms with Crippen LogP contribution >= 0.6 is 0 Å². The zero-order valence-electron chi connectivity index (χ0n) is 12.0. The van der Waals surface area contributed by atoms with Crippen LogP contribution in [0, 0.1) is 0 Å². The Bertz CT molecular complexity index is 422. The molecule has 110 valence electrons. The van der Waals surface area contributed by atoms with Gasteiger partial charge in [0.25, 0.3) is 0 Å². The first kappa shape index (κ1) is 16.0. The summed E-state index contributed by atoms with van der Waals surface area (Å²) in [5.41, 5.74) is 0.520. The standard InChI is InChI=1S/C15H20O5/c1-4-5-10-20-12-8-6-11(7-9-12)13(14(16)18-2)15(17)19-3/h6-9,13H,4-5,10H2,1-3H3. The van der Waals surface area contributed by atoms with Crippen molar-refractivity contribution in [3.8, 4) is 5.75 Å². The van der Waals surface area contributed by atoms with E-state index in [0.717, 1.165) is 12.8 Å². The lowest BCUT2D eigenvalue weighted by Crippen LogP contribution is -2.24. The number of methoxy groups -OCH3 is 2. The Balaban J connectivity index is 2.82. The van der Waals surface area contributed by atoms with Gasteiger partial charge in [0, 0.05) is 0 Å². The summed E-state index contributed by atoms with van der Waals surface area (Å²) in [5.74, 6) is -1.64. The maximum absolute atomic E-state index is 11.7. The molecular formula is C15H20O5. The highest BCUT2D eigenvalue weighted by Crippen LogP contribution is 2.22. The Morgan fingerprint density at radius 3 is 2.05 bits per heavy atom. The summed E-state index contributed by atoms with van der Waals surface area (Å²) in [6.45, 7) is 2.73. The van der Waals surface area contributed by atoms with E-state index < -0.39 is 17.9 Å². The van der Waals surface area contributed by atoms with E-state index in [1.54, 1.807) is 24.3 Å². The van der Waals surface area contributed by atoms with Crippen molar-refractivity contribution in [1.82, 2.24) is 0 Å². The molecule has 1 rings (SSSR count). The monoisotopic (exact) mass is 280 g/mol. The van der Waals surface area contributed by atoms with E-state index in [-0.39, 0.29) is 0 Å². The molecule has 0 N–H and O–H groups in total. The Kier molecular flexibility index (Phi) is 6.56. The summed E-state index contributed by atoms with van der Waals surface area (Å²) in [6.07, 6.45) is 2.04. The molecule has 0 aliphatic heterocycles. The van der Waals surface area contributed by atoms with Crippen LogP contribution in [0.1, 0.15) is 31.2 Å². The largest absolute Gasteiger partial charge is 0.494 e. The van der Waals surface area contributed by atoms with Crippen LogP contribution in [0.4, 0.5) is 0 Å². The first-order chi connectivity index (χ1) is 9.63. The zero-order valence-corrected chi connectivity index (χ0v) is 12.0. The smallest absolute Gasteiger partial charge is 0.324 e. The summed E-state index contributed by atoms with van der Waals surface area (Å²) >= 11 is 0. The molecule has 1 aromatic rings. The molecule has 0 saturated carbocycles. The number of hydrogen-bond acceptors (Lipinski definition) is 5. The molecule has 5 nitrogen and oxygen atoms in total. The van der Waals surface area contributed by atoms with Crippen molar-refractivity contribution in [1.29, 1.82) is 0 Å². The van der Waals surface area contributed by atoms with E-state index >= 15 is 0 Å². The van der Waals surface area contributed by atoms with Crippen molar-refractivity contribution in [3.63, 3.8) is 0 Å². The molecule has 1 aromatic carbocycles. The maximum Gasteiger partial charge on any atom is 0.324 e. The number of carbonyl (C=O) groups is 2. The number of unbranched alkanes of at least 4 members (excludes halogenated alkanes) is 1. The summed E-state index contributed by atoms with van der Waals surface area (Å²) < 4.78 is 14.8. The second-order valence-corrected chi connectivity index (χ2v) is 4.25. The van der Waals surface area contributed by atoms with Crippen LogP contribution in [0.25, 0.3) is 0 Å². The highest BCUT2D eigenvalue weighted by atomic mass is 16.5. The SMILES string of the molecule is CCCCOc1ccc(C(C(=O)OC)C(=O)OC)cc1. The van der Waals surface area contributed by atoms with E-state index in [2.05, 4.69) is 16.4 Å². The molecular weight excluding hydrogens is 260 g/mol. The molecule has 20 heavy (non-hydrogen) atoms. The van der Waals surface area contributed by atoms with E-state index in [4.69, 9.17) is 4.74 Å². The predicted molar refractivity (Wildman–Crippen MR) is 73.6 cm³/mol. The minimum Gasteiger partial charge on any atom is -0.494 e. The van der Waals surface area contributed by atoms with Crippen LogP contribution in [0.2, 0.25) is 0 Å². The molecule has 0 saturated heterocycles. The Hall–Kier alpha value is -2.04. The average Bonchev–Trinajstić information content (AvgIpc) is 2.48. The van der Waals surface area contributed by atoms with Gasteiger partial charge >= 0.3 is 11.9 Å². The quantitative estimate of drug-likeness (QED) is 0.435. The highest BCUT2D eigenvalue weighted by molar-refractivity contribution is 6.00. The fourth-order valence-electron chi connectivity index (χ4n) is 1.69. The second-order valence-electron chi connectivity index (χ2n) is 4.25. The van der Waals surface area contributed by atoms with Crippen molar-refractivity contribution >= 4 is 11.9 Å². The van der Waals surface area contributed by atoms with Gasteiger partial charge in [0.15, 0.2) is 5.92 Å². The van der Waals surface area contributed by atoms with Crippen molar-refractivity contribution in [3.05, 3.63) is 29.8 Å². The number of esters is 2. The minimum absolute atomic E-state index is 0.520. The van der Waals surface area contributed by atoms with Crippen LogP contribution in [-0.4, -0.2) is 32.8 Å². The molecule has 0 heterocycles. The second kappa shape index (κ2) is 8.19. The molecule has 5 heteroatoms. The summed E-state index contributed by atoms with van der Waals surface area (Å²) in [7, 11) is 2.47. The molecule has 0 aliphatic carbocycles. The van der Waals surface area contributed by atoms with E-state index in [1.807, 2.05) is 0 Å². The minimum atomic E-state index is -1.06. The lowest BCUT2D eigenvalue weighted by atomic mass is 9.99. The molecule has 0 unspecified atom stereocenters. The lowest BCUT2D eigenvalue weighted by molar-refractivity contribution is -0.154. The van der Waals surface area contributed by atoms with E-state index in [0.29, 0.717) is 17.9 Å². The highest BCUT2D eigenvalue weighted by Gasteiger charge is 2.30. The van der Waals surface area contributed by atoms with Gasteiger partial charge in [-0.25, -0.2) is 0 Å². The predicted octanol–water partition coefficient (Wildman–Crippen LogP) is 2.30. The van der Waals surface area contributed by atoms with Crippen LogP contribution in [0.5, 0.6) is 5.75 Å². The van der Waals surface area contributed by atoms with Crippen molar-refractivity contribution < 1.29 is 23.8 Å². The molecule has 0 atom stereocenters. The van der Waals surface area contributed by atoms with Gasteiger partial charge < -0.3 is 14.2 Å². The van der Waals surface area contributed by atoms with Crippen LogP contribution < -0.4 is 4.74 Å². The summed E-state index contributed by atoms with van der Waals surface area (Å²) in [5, 5.41) is 0. The van der Waals surface area contributed by atoms with Gasteiger partial charge in [-0.3, -0.25) is 9.59 Å². The fourth-order valence-corrected chi connectivity index (χ4v) is 1.69. The first-order valence-electron chi connectivity index (χ1n) is 6.52. The molecule has 0 bridgehead atoms. The molecule has 0 radical (unpaired) electrons. The van der Waals surface area contributed by atoms with Gasteiger partial charge in [-0.05, 0) is 24.1 Å². The number of ether oxygens (including phenoxy) is 3. The fraction of sp³-hybridized carbons (Fsp3) is 0.467. The summed E-state index contributed by atoms with van der Waals surface area (Å²) in [6, 6.07) is 6.79. The zero-order chi connectivity index (χ0) is 15.0. The number of rotatable bonds is 7. The van der Waals surface area contributed by atoms with E-state index in [1.165, 1.54) is 14.2 Å². The molecule has 0 fully saturated rings. The van der Waals surface area contributed by atoms with Crippen LogP contribution in [0.3, 0.4) is 0 Å². The summed E-state index contributed by atoms with van der Waals surface area (Å²) in [4.78, 5) is 23.3. The van der Waals surface area contributed by atoms with E-state index in [9.17, 15) is 9.59 Å². The van der Waals surface area contributed by atoms with Crippen molar-refractivity contribution in [2.45, 2.75) is 25.7 Å². The van der Waals surface area contributed by atoms with Crippen molar-refractivity contribution in [2.24, 2.45) is 0 Å². The number of benzene rings is 1. The maximum atomic E-state index is 11.7. The van der Waals surface area contributed by atoms with Gasteiger partial charge in [-0.15, -0.1) is 0 Å². The first-order valence-corrected chi connectivity index (χ1v) is 6.52. The van der Waals surface area contributed by atoms with Gasteiger partial charge in [0.05, 0.1) is 20.8 Å². The normalized spacial score (nSPS) is 10.2. The molecule has 0 spiro atoms. The topological polar surface area (TPSA) is 61.8 Å². The van der Waals surface area contributed by atoms with Crippen LogP contribution in [0.15, 0.2) is 24.3 Å². The van der Waals surface area contributed by atoms with Gasteiger partial charge in [-0.2, -0.15) is 0 Å². The Labute approximate surface area is 118 Å². The van der Waals surface area contributed by atoms with Gasteiger partial charge in [0.2, 0.25) is 0 Å². The third-order valence-corrected chi connectivity index (χ3v) is 2.85. The molecule has 0 aromatic heterocycles. The third-order valence-electron chi connectivity index (χ3n) is 2.85. The van der Waals surface area contributed by atoms with Crippen LogP contribution in [-0.2, 0) is 19.1 Å². The third kappa shape index (κ3) is 4.26. The lowest BCUT2D eigenvalue weighted by Gasteiger charge is -2.13. The molecule has 0 amide bonds. The number of carbonyl (C=O) groups excluding carboxylic acids is 2. The van der Waals surface area contributed by atoms with Gasteiger partial charge in [0.1, 0.15) is 5.75 Å². The molecule has 0 aliphatic rings. The Morgan fingerprint density at radius 1 is 1.05 bits per heavy atom. The average molecular weight is 280 g/mol. The Morgan fingerprint density at radius 2 is 1.60 bits per heavy atom. The van der Waals surface area contributed by atoms with Crippen molar-refractivity contribution in [2.75, 3.05) is 20.8 Å². The van der Waals surface area contributed by atoms with Gasteiger partial charge in [-0.1, -0.05) is 25.5 Å².